The Labute approximate surface area is 129 Å². The van der Waals surface area contributed by atoms with Crippen LogP contribution in [0.4, 0.5) is 4.79 Å². The Morgan fingerprint density at radius 2 is 1.86 bits per heavy atom. The van der Waals surface area contributed by atoms with Crippen LogP contribution in [-0.4, -0.2) is 41.0 Å². The first-order chi connectivity index (χ1) is 10.3. The quantitative estimate of drug-likeness (QED) is 0.585. The Morgan fingerprint density at radius 1 is 1.27 bits per heavy atom. The molecule has 1 aromatic carbocycles. The van der Waals surface area contributed by atoms with Gasteiger partial charge < -0.3 is 26.0 Å². The third kappa shape index (κ3) is 5.61. The van der Waals surface area contributed by atoms with Gasteiger partial charge in [-0.1, -0.05) is 26.0 Å². The van der Waals surface area contributed by atoms with Crippen LogP contribution in [0.3, 0.4) is 0 Å². The average Bonchev–Trinajstić information content (AvgIpc) is 2.45. The van der Waals surface area contributed by atoms with Gasteiger partial charge in [-0.2, -0.15) is 0 Å². The molecule has 0 saturated carbocycles. The molecule has 0 aliphatic carbocycles. The second-order valence-electron chi connectivity index (χ2n) is 5.36. The van der Waals surface area contributed by atoms with Crippen LogP contribution in [0.5, 0.6) is 5.75 Å². The molecule has 2 unspecified atom stereocenters. The SMILES string of the molecule is CC(C)C(OC(N)=O)C(=O)NC(CO)Cc1ccc(O)cc1. The van der Waals surface area contributed by atoms with Gasteiger partial charge in [-0.25, -0.2) is 4.79 Å². The highest BCUT2D eigenvalue weighted by atomic mass is 16.6. The van der Waals surface area contributed by atoms with Crippen LogP contribution in [0.15, 0.2) is 24.3 Å². The van der Waals surface area contributed by atoms with Crippen molar-refractivity contribution in [2.24, 2.45) is 11.7 Å². The summed E-state index contributed by atoms with van der Waals surface area (Å²) in [6.45, 7) is 3.18. The summed E-state index contributed by atoms with van der Waals surface area (Å²) >= 11 is 0. The summed E-state index contributed by atoms with van der Waals surface area (Å²) in [4.78, 5) is 23.0. The largest absolute Gasteiger partial charge is 0.508 e. The van der Waals surface area contributed by atoms with E-state index in [0.717, 1.165) is 5.56 Å². The minimum absolute atomic E-state index is 0.142. The number of ether oxygens (including phenoxy) is 1. The maximum absolute atomic E-state index is 12.1. The second-order valence-corrected chi connectivity index (χ2v) is 5.36. The number of aliphatic hydroxyl groups excluding tert-OH is 1. The lowest BCUT2D eigenvalue weighted by atomic mass is 10.0. The van der Waals surface area contributed by atoms with E-state index in [4.69, 9.17) is 10.5 Å². The number of carbonyl (C=O) groups excluding carboxylic acids is 2. The third-order valence-corrected chi connectivity index (χ3v) is 3.09. The van der Waals surface area contributed by atoms with Gasteiger partial charge in [0.2, 0.25) is 0 Å². The number of nitrogens with two attached hydrogens (primary N) is 1. The van der Waals surface area contributed by atoms with E-state index in [1.807, 2.05) is 0 Å². The number of aromatic hydroxyl groups is 1. The van der Waals surface area contributed by atoms with Crippen molar-refractivity contribution < 1.29 is 24.5 Å². The molecule has 0 aliphatic heterocycles. The smallest absolute Gasteiger partial charge is 0.405 e. The van der Waals surface area contributed by atoms with Crippen molar-refractivity contribution in [2.75, 3.05) is 6.61 Å². The number of aliphatic hydroxyl groups is 1. The lowest BCUT2D eigenvalue weighted by Crippen LogP contribution is -2.48. The average molecular weight is 310 g/mol. The standard InChI is InChI=1S/C15H22N2O5/c1-9(2)13(22-15(16)21)14(20)17-11(8-18)7-10-3-5-12(19)6-4-10/h3-6,9,11,13,18-19H,7-8H2,1-2H3,(H2,16,21)(H,17,20). The first kappa shape index (κ1) is 17.8. The molecule has 1 rings (SSSR count). The van der Waals surface area contributed by atoms with Gasteiger partial charge in [0, 0.05) is 0 Å². The van der Waals surface area contributed by atoms with Crippen LogP contribution in [0, 0.1) is 5.92 Å². The zero-order valence-corrected chi connectivity index (χ0v) is 12.7. The number of hydrogen-bond donors (Lipinski definition) is 4. The van der Waals surface area contributed by atoms with Gasteiger partial charge in [-0.3, -0.25) is 4.79 Å². The van der Waals surface area contributed by atoms with Gasteiger partial charge in [-0.05, 0) is 30.0 Å². The lowest BCUT2D eigenvalue weighted by Gasteiger charge is -2.23. The highest BCUT2D eigenvalue weighted by molar-refractivity contribution is 5.83. The Hall–Kier alpha value is -2.28. The van der Waals surface area contributed by atoms with Crippen molar-refractivity contribution in [2.45, 2.75) is 32.4 Å². The summed E-state index contributed by atoms with van der Waals surface area (Å²) in [5.41, 5.74) is 5.80. The molecule has 2 amide bonds. The number of hydrogen-bond acceptors (Lipinski definition) is 5. The molecule has 0 spiro atoms. The topological polar surface area (TPSA) is 122 Å². The molecular formula is C15H22N2O5. The molecule has 0 saturated heterocycles. The number of rotatable bonds is 7. The van der Waals surface area contributed by atoms with E-state index in [9.17, 15) is 19.8 Å². The van der Waals surface area contributed by atoms with Crippen LogP contribution in [0.25, 0.3) is 0 Å². The highest BCUT2D eigenvalue weighted by Gasteiger charge is 2.27. The number of phenolic OH excluding ortho intramolecular Hbond substituents is 1. The Morgan fingerprint density at radius 3 is 2.32 bits per heavy atom. The molecule has 0 aromatic heterocycles. The van der Waals surface area contributed by atoms with Gasteiger partial charge in [0.15, 0.2) is 6.10 Å². The van der Waals surface area contributed by atoms with E-state index in [1.165, 1.54) is 12.1 Å². The van der Waals surface area contributed by atoms with Crippen LogP contribution >= 0.6 is 0 Å². The van der Waals surface area contributed by atoms with E-state index in [-0.39, 0.29) is 18.3 Å². The van der Waals surface area contributed by atoms with E-state index in [0.29, 0.717) is 6.42 Å². The monoisotopic (exact) mass is 310 g/mol. The number of phenols is 1. The summed E-state index contributed by atoms with van der Waals surface area (Å²) in [5, 5.41) is 21.3. The van der Waals surface area contributed by atoms with Crippen molar-refractivity contribution >= 4 is 12.0 Å². The maximum atomic E-state index is 12.1. The Bertz CT molecular complexity index is 501. The predicted molar refractivity (Wildman–Crippen MR) is 80.1 cm³/mol. The minimum atomic E-state index is -1.02. The van der Waals surface area contributed by atoms with E-state index in [2.05, 4.69) is 5.32 Å². The van der Waals surface area contributed by atoms with Crippen molar-refractivity contribution in [3.05, 3.63) is 29.8 Å². The van der Waals surface area contributed by atoms with E-state index in [1.54, 1.807) is 26.0 Å². The summed E-state index contributed by atoms with van der Waals surface area (Å²) < 4.78 is 4.80. The van der Waals surface area contributed by atoms with Crippen molar-refractivity contribution in [1.82, 2.24) is 5.32 Å². The molecule has 7 nitrogen and oxygen atoms in total. The summed E-state index contributed by atoms with van der Waals surface area (Å²) in [7, 11) is 0. The molecule has 7 heteroatoms. The van der Waals surface area contributed by atoms with E-state index >= 15 is 0 Å². The molecule has 0 aliphatic rings. The number of primary amides is 1. The fourth-order valence-electron chi connectivity index (χ4n) is 1.98. The first-order valence-electron chi connectivity index (χ1n) is 6.98. The van der Waals surface area contributed by atoms with Gasteiger partial charge >= 0.3 is 6.09 Å². The van der Waals surface area contributed by atoms with Gasteiger partial charge in [-0.15, -0.1) is 0 Å². The molecule has 2 atom stereocenters. The molecule has 22 heavy (non-hydrogen) atoms. The van der Waals surface area contributed by atoms with Crippen LogP contribution in [0.2, 0.25) is 0 Å². The molecule has 5 N–H and O–H groups in total. The fraction of sp³-hybridized carbons (Fsp3) is 0.467. The highest BCUT2D eigenvalue weighted by Crippen LogP contribution is 2.12. The molecule has 122 valence electrons. The maximum Gasteiger partial charge on any atom is 0.405 e. The lowest BCUT2D eigenvalue weighted by molar-refractivity contribution is -0.132. The third-order valence-electron chi connectivity index (χ3n) is 3.09. The number of amides is 2. The second kappa shape index (κ2) is 8.23. The predicted octanol–water partition coefficient (Wildman–Crippen LogP) is 0.532. The van der Waals surface area contributed by atoms with Crippen molar-refractivity contribution in [3.63, 3.8) is 0 Å². The fourth-order valence-corrected chi connectivity index (χ4v) is 1.98. The van der Waals surface area contributed by atoms with Crippen LogP contribution in [0.1, 0.15) is 19.4 Å². The summed E-state index contributed by atoms with van der Waals surface area (Å²) in [5.74, 6) is -0.616. The molecule has 1 aromatic rings. The molecular weight excluding hydrogens is 288 g/mol. The van der Waals surface area contributed by atoms with Crippen molar-refractivity contribution in [1.29, 1.82) is 0 Å². The van der Waals surface area contributed by atoms with Gasteiger partial charge in [0.25, 0.3) is 5.91 Å². The zero-order valence-electron chi connectivity index (χ0n) is 12.7. The zero-order chi connectivity index (χ0) is 16.7. The van der Waals surface area contributed by atoms with Crippen LogP contribution < -0.4 is 11.1 Å². The molecule has 0 fully saturated rings. The first-order valence-corrected chi connectivity index (χ1v) is 6.98. The number of benzene rings is 1. The van der Waals surface area contributed by atoms with Crippen molar-refractivity contribution in [3.8, 4) is 5.75 Å². The van der Waals surface area contributed by atoms with Crippen LogP contribution in [-0.2, 0) is 16.0 Å². The Balaban J connectivity index is 2.68. The van der Waals surface area contributed by atoms with Gasteiger partial charge in [0.05, 0.1) is 12.6 Å². The number of nitrogens with one attached hydrogen (secondary N) is 1. The summed E-state index contributed by atoms with van der Waals surface area (Å²) in [6.07, 6.45) is -1.65. The molecule has 0 bridgehead atoms. The molecule has 0 radical (unpaired) electrons. The number of carbonyl (C=O) groups is 2. The van der Waals surface area contributed by atoms with E-state index < -0.39 is 24.1 Å². The molecule has 0 heterocycles. The van der Waals surface area contributed by atoms with Gasteiger partial charge in [0.1, 0.15) is 5.75 Å². The minimum Gasteiger partial charge on any atom is -0.508 e. The Kier molecular flexibility index (Phi) is 6.65. The normalized spacial score (nSPS) is 13.5. The summed E-state index contributed by atoms with van der Waals surface area (Å²) in [6, 6.07) is 5.92.